The summed E-state index contributed by atoms with van der Waals surface area (Å²) >= 11 is 6.17. The van der Waals surface area contributed by atoms with Gasteiger partial charge in [0.15, 0.2) is 5.69 Å². The van der Waals surface area contributed by atoms with Crippen LogP contribution in [0.2, 0.25) is 5.02 Å². The number of halogens is 4. The number of carbonyl (C=O) groups is 1. The van der Waals surface area contributed by atoms with Gasteiger partial charge in [0.05, 0.1) is 21.9 Å². The van der Waals surface area contributed by atoms with Crippen LogP contribution < -0.4 is 9.64 Å². The van der Waals surface area contributed by atoms with E-state index in [-0.39, 0.29) is 29.5 Å². The first kappa shape index (κ1) is 26.3. The third-order valence-corrected chi connectivity index (χ3v) is 6.58. The quantitative estimate of drug-likeness (QED) is 0.236. The van der Waals surface area contributed by atoms with Gasteiger partial charge in [0.25, 0.3) is 5.91 Å². The summed E-state index contributed by atoms with van der Waals surface area (Å²) in [4.78, 5) is 14.8. The fraction of sp³-hybridized carbons (Fsp3) is 0.179. The molecule has 0 aliphatic carbocycles. The fourth-order valence-electron chi connectivity index (χ4n) is 4.14. The number of hydrogen-bond donors (Lipinski definition) is 0. The third kappa shape index (κ3) is 5.33. The first-order valence-electron chi connectivity index (χ1n) is 11.9. The zero-order valence-corrected chi connectivity index (χ0v) is 22.0. The van der Waals surface area contributed by atoms with Crippen LogP contribution in [0.5, 0.6) is 5.75 Å². The van der Waals surface area contributed by atoms with Gasteiger partial charge in [-0.05, 0) is 62.4 Å². The minimum Gasteiger partial charge on any atom is -0.487 e. The number of amides is 1. The van der Waals surface area contributed by atoms with Gasteiger partial charge in [0.2, 0.25) is 0 Å². The molecule has 3 aromatic heterocycles. The monoisotopic (exact) mass is 553 g/mol. The fourth-order valence-corrected chi connectivity index (χ4v) is 4.42. The van der Waals surface area contributed by atoms with Crippen molar-refractivity contribution in [2.24, 2.45) is 0 Å². The van der Waals surface area contributed by atoms with Gasteiger partial charge in [0, 0.05) is 24.5 Å². The first-order valence-corrected chi connectivity index (χ1v) is 12.3. The van der Waals surface area contributed by atoms with Crippen LogP contribution >= 0.6 is 11.6 Å². The number of aryl methyl sites for hydroxylation is 2. The lowest BCUT2D eigenvalue weighted by Crippen LogP contribution is -2.26. The predicted molar refractivity (Wildman–Crippen MR) is 142 cm³/mol. The lowest BCUT2D eigenvalue weighted by atomic mass is 10.1. The number of rotatable bonds is 6. The molecule has 0 unspecified atom stereocenters. The second-order valence-electron chi connectivity index (χ2n) is 9.08. The Hall–Kier alpha value is -4.31. The molecule has 0 aliphatic heterocycles. The van der Waals surface area contributed by atoms with Crippen molar-refractivity contribution in [3.8, 4) is 11.4 Å². The van der Waals surface area contributed by atoms with Crippen molar-refractivity contribution in [3.63, 3.8) is 0 Å². The van der Waals surface area contributed by atoms with Crippen LogP contribution in [0.25, 0.3) is 11.2 Å². The maximum absolute atomic E-state index is 13.7. The Morgan fingerprint density at radius 3 is 2.49 bits per heavy atom. The minimum absolute atomic E-state index is 0.00377. The molecule has 200 valence electrons. The topological polar surface area (TPSA) is 64.7 Å². The highest BCUT2D eigenvalue weighted by Gasteiger charge is 2.39. The number of hydrogen-bond acceptors (Lipinski definition) is 4. The van der Waals surface area contributed by atoms with E-state index in [1.54, 1.807) is 54.2 Å². The maximum atomic E-state index is 13.7. The van der Waals surface area contributed by atoms with E-state index in [1.165, 1.54) is 11.0 Å². The number of aromatic nitrogens is 4. The second-order valence-corrected chi connectivity index (χ2v) is 9.45. The summed E-state index contributed by atoms with van der Waals surface area (Å²) in [5.74, 6) is 0.109. The van der Waals surface area contributed by atoms with Crippen LogP contribution in [0.4, 0.5) is 18.9 Å². The lowest BCUT2D eigenvalue weighted by molar-refractivity contribution is -0.141. The van der Waals surface area contributed by atoms with E-state index in [0.29, 0.717) is 11.4 Å². The molecule has 39 heavy (non-hydrogen) atoms. The van der Waals surface area contributed by atoms with Crippen LogP contribution in [-0.2, 0) is 12.8 Å². The van der Waals surface area contributed by atoms with Gasteiger partial charge in [0.1, 0.15) is 18.1 Å². The van der Waals surface area contributed by atoms with Gasteiger partial charge in [-0.1, -0.05) is 35.4 Å². The molecule has 0 spiro atoms. The van der Waals surface area contributed by atoms with Crippen molar-refractivity contribution >= 4 is 28.7 Å². The van der Waals surface area contributed by atoms with Crippen LogP contribution in [0.15, 0.2) is 72.9 Å². The molecule has 11 heteroatoms. The molecule has 1 amide bonds. The van der Waals surface area contributed by atoms with Crippen LogP contribution in [0, 0.1) is 13.8 Å². The molecule has 0 atom stereocenters. The van der Waals surface area contributed by atoms with E-state index >= 15 is 0 Å². The predicted octanol–water partition coefficient (Wildman–Crippen LogP) is 6.66. The van der Waals surface area contributed by atoms with Crippen LogP contribution in [0.1, 0.15) is 33.0 Å². The Bertz CT molecular complexity index is 1680. The molecule has 0 saturated carbocycles. The SMILES string of the molecule is Cc1ccc(OCc2c(Cl)c(C(F)(F)F)nn2-c2cccc(C(=O)N(C)c3ccn4nc(C)cc4c3)c2)cc1. The summed E-state index contributed by atoms with van der Waals surface area (Å²) in [6, 6.07) is 18.7. The Morgan fingerprint density at radius 2 is 1.77 bits per heavy atom. The molecule has 5 aromatic rings. The highest BCUT2D eigenvalue weighted by Crippen LogP contribution is 2.37. The Morgan fingerprint density at radius 1 is 1.03 bits per heavy atom. The van der Waals surface area contributed by atoms with Gasteiger partial charge in [-0.2, -0.15) is 23.4 Å². The van der Waals surface area contributed by atoms with Crippen molar-refractivity contribution in [3.05, 3.63) is 106 Å². The molecule has 0 aliphatic rings. The Kier molecular flexibility index (Phi) is 6.82. The van der Waals surface area contributed by atoms with Gasteiger partial charge in [-0.15, -0.1) is 0 Å². The molecular weight excluding hydrogens is 531 g/mol. The molecule has 0 radical (unpaired) electrons. The molecule has 3 heterocycles. The van der Waals surface area contributed by atoms with Crippen LogP contribution in [0.3, 0.4) is 0 Å². The number of fused-ring (bicyclic) bond motifs is 1. The third-order valence-electron chi connectivity index (χ3n) is 6.18. The average Bonchev–Trinajstić information content (AvgIpc) is 3.45. The number of ether oxygens (including phenoxy) is 1. The van der Waals surface area contributed by atoms with Gasteiger partial charge >= 0.3 is 6.18 Å². The summed E-state index contributed by atoms with van der Waals surface area (Å²) in [5, 5.41) is 7.54. The molecule has 0 N–H and O–H groups in total. The van der Waals surface area contributed by atoms with E-state index in [0.717, 1.165) is 21.5 Å². The number of alkyl halides is 3. The van der Waals surface area contributed by atoms with Gasteiger partial charge < -0.3 is 9.64 Å². The van der Waals surface area contributed by atoms with E-state index < -0.39 is 16.9 Å². The zero-order valence-electron chi connectivity index (χ0n) is 21.2. The Balaban J connectivity index is 1.48. The minimum atomic E-state index is -4.78. The van der Waals surface area contributed by atoms with E-state index in [9.17, 15) is 18.0 Å². The van der Waals surface area contributed by atoms with E-state index in [4.69, 9.17) is 16.3 Å². The van der Waals surface area contributed by atoms with Crippen molar-refractivity contribution in [2.75, 3.05) is 11.9 Å². The van der Waals surface area contributed by atoms with Crippen molar-refractivity contribution < 1.29 is 22.7 Å². The summed E-state index contributed by atoms with van der Waals surface area (Å²) in [6.45, 7) is 3.51. The highest BCUT2D eigenvalue weighted by molar-refractivity contribution is 6.32. The summed E-state index contributed by atoms with van der Waals surface area (Å²) in [6.07, 6.45) is -3.03. The summed E-state index contributed by atoms with van der Waals surface area (Å²) < 4.78 is 49.6. The van der Waals surface area contributed by atoms with Gasteiger partial charge in [-0.25, -0.2) is 9.20 Å². The van der Waals surface area contributed by atoms with E-state index in [1.807, 2.05) is 38.1 Å². The zero-order chi connectivity index (χ0) is 27.9. The smallest absolute Gasteiger partial charge is 0.436 e. The molecule has 0 fully saturated rings. The number of nitrogens with zero attached hydrogens (tertiary/aromatic N) is 5. The number of benzene rings is 2. The van der Waals surface area contributed by atoms with Gasteiger partial charge in [-0.3, -0.25) is 4.79 Å². The normalized spacial score (nSPS) is 11.7. The van der Waals surface area contributed by atoms with E-state index in [2.05, 4.69) is 10.2 Å². The van der Waals surface area contributed by atoms with Crippen molar-refractivity contribution in [1.82, 2.24) is 19.4 Å². The number of pyridine rings is 1. The Labute approximate surface area is 227 Å². The lowest BCUT2D eigenvalue weighted by Gasteiger charge is -2.18. The largest absolute Gasteiger partial charge is 0.487 e. The average molecular weight is 554 g/mol. The molecule has 0 bridgehead atoms. The summed E-state index contributed by atoms with van der Waals surface area (Å²) in [7, 11) is 1.62. The second kappa shape index (κ2) is 10.1. The molecular formula is C28H23ClF3N5O2. The first-order chi connectivity index (χ1) is 18.5. The number of anilines is 1. The molecule has 2 aromatic carbocycles. The standard InChI is InChI=1S/C28H23ClF3N5O2/c1-17-7-9-23(10-8-17)39-16-24-25(29)26(28(30,31)32)34-37(24)21-6-4-5-19(14-21)27(38)35(3)20-11-12-36-22(15-20)13-18(2)33-36/h4-15H,16H2,1-3H3. The highest BCUT2D eigenvalue weighted by atomic mass is 35.5. The van der Waals surface area contributed by atoms with Crippen molar-refractivity contribution in [2.45, 2.75) is 26.6 Å². The maximum Gasteiger partial charge on any atom is 0.436 e. The van der Waals surface area contributed by atoms with Crippen molar-refractivity contribution in [1.29, 1.82) is 0 Å². The molecule has 5 rings (SSSR count). The molecule has 7 nitrogen and oxygen atoms in total. The molecule has 0 saturated heterocycles. The van der Waals surface area contributed by atoms with Crippen LogP contribution in [-0.4, -0.2) is 32.3 Å². The number of carbonyl (C=O) groups excluding carboxylic acids is 1. The summed E-state index contributed by atoms with van der Waals surface area (Å²) in [5.41, 5.74) is 2.56.